The summed E-state index contributed by atoms with van der Waals surface area (Å²) in [5.74, 6) is 0. The van der Waals surface area contributed by atoms with Crippen LogP contribution in [0.15, 0.2) is 24.3 Å². The smallest absolute Gasteiger partial charge is 0.0336 e. The van der Waals surface area contributed by atoms with Gasteiger partial charge in [0, 0.05) is 8.95 Å². The molecule has 1 aromatic rings. The van der Waals surface area contributed by atoms with Crippen LogP contribution >= 0.6 is 34.2 Å². The Labute approximate surface area is 98.8 Å². The van der Waals surface area contributed by atoms with Gasteiger partial charge in [0.15, 0.2) is 0 Å². The van der Waals surface area contributed by atoms with E-state index in [1.54, 1.807) is 0 Å². The zero-order chi connectivity index (χ0) is 9.68. The van der Waals surface area contributed by atoms with Gasteiger partial charge in [-0.25, -0.2) is 0 Å². The van der Waals surface area contributed by atoms with Crippen LogP contribution < -0.4 is 0 Å². The minimum Gasteiger partial charge on any atom is -0.123 e. The molecular weight excluding hydrogens is 294 g/mol. The molecule has 0 amide bonds. The van der Waals surface area contributed by atoms with Crippen molar-refractivity contribution in [2.24, 2.45) is 0 Å². The Bertz CT molecular complexity index is 243. The topological polar surface area (TPSA) is 0 Å². The highest BCUT2D eigenvalue weighted by molar-refractivity contribution is 14.1. The van der Waals surface area contributed by atoms with Gasteiger partial charge in [-0.2, -0.15) is 0 Å². The van der Waals surface area contributed by atoms with Gasteiger partial charge in [-0.1, -0.05) is 19.1 Å². The fourth-order valence-electron chi connectivity index (χ4n) is 1.18. The Morgan fingerprint density at radius 2 is 1.92 bits per heavy atom. The third-order valence-electron chi connectivity index (χ3n) is 2.10. The Kier molecular flexibility index (Phi) is 5.10. The number of benzene rings is 1. The molecule has 0 saturated heterocycles. The van der Waals surface area contributed by atoms with E-state index in [2.05, 4.69) is 53.8 Å². The van der Waals surface area contributed by atoms with Crippen molar-refractivity contribution in [3.05, 3.63) is 33.4 Å². The van der Waals surface area contributed by atoms with Gasteiger partial charge in [-0.05, 0) is 59.5 Å². The van der Waals surface area contributed by atoms with Gasteiger partial charge in [0.25, 0.3) is 0 Å². The minimum atomic E-state index is 0.333. The van der Waals surface area contributed by atoms with Gasteiger partial charge in [0.2, 0.25) is 0 Å². The first kappa shape index (κ1) is 11.3. The van der Waals surface area contributed by atoms with E-state index in [0.29, 0.717) is 5.38 Å². The summed E-state index contributed by atoms with van der Waals surface area (Å²) in [5.41, 5.74) is 1.39. The average molecular weight is 309 g/mol. The van der Waals surface area contributed by atoms with Crippen molar-refractivity contribution in [3.8, 4) is 0 Å². The molecule has 0 aliphatic carbocycles. The summed E-state index contributed by atoms with van der Waals surface area (Å²) in [6, 6.07) is 8.65. The van der Waals surface area contributed by atoms with E-state index >= 15 is 0 Å². The lowest BCUT2D eigenvalue weighted by molar-refractivity contribution is 0.727. The van der Waals surface area contributed by atoms with Gasteiger partial charge < -0.3 is 0 Å². The van der Waals surface area contributed by atoms with Crippen LogP contribution in [0.5, 0.6) is 0 Å². The molecule has 1 rings (SSSR count). The van der Waals surface area contributed by atoms with Gasteiger partial charge in [0.05, 0.1) is 0 Å². The number of hydrogen-bond acceptors (Lipinski definition) is 0. The maximum absolute atomic E-state index is 6.04. The van der Waals surface area contributed by atoms with Gasteiger partial charge >= 0.3 is 0 Å². The molecule has 1 aromatic carbocycles. The highest BCUT2D eigenvalue weighted by Crippen LogP contribution is 2.13. The van der Waals surface area contributed by atoms with E-state index in [4.69, 9.17) is 11.6 Å². The molecule has 0 fully saturated rings. The molecule has 13 heavy (non-hydrogen) atoms. The Balaban J connectivity index is 2.41. The zero-order valence-corrected chi connectivity index (χ0v) is 10.7. The minimum absolute atomic E-state index is 0.333. The Morgan fingerprint density at radius 1 is 1.31 bits per heavy atom. The van der Waals surface area contributed by atoms with E-state index in [1.807, 2.05) is 0 Å². The van der Waals surface area contributed by atoms with Crippen molar-refractivity contribution < 1.29 is 0 Å². The summed E-state index contributed by atoms with van der Waals surface area (Å²) in [7, 11) is 0. The molecule has 0 aliphatic rings. The Hall–Kier alpha value is 0.240. The number of alkyl halides is 1. The maximum Gasteiger partial charge on any atom is 0.0336 e. The SMILES string of the molecule is CCC(Cl)CCc1ccc(I)cc1. The molecule has 0 nitrogen and oxygen atoms in total. The van der Waals surface area contributed by atoms with Crippen molar-refractivity contribution in [3.63, 3.8) is 0 Å². The molecule has 0 saturated carbocycles. The van der Waals surface area contributed by atoms with Gasteiger partial charge in [-0.3, -0.25) is 0 Å². The molecule has 1 unspecified atom stereocenters. The molecule has 72 valence electrons. The fraction of sp³-hybridized carbons (Fsp3) is 0.455. The third-order valence-corrected chi connectivity index (χ3v) is 3.35. The summed E-state index contributed by atoms with van der Waals surface area (Å²) in [6.45, 7) is 2.13. The molecule has 0 aromatic heterocycles. The normalized spacial score (nSPS) is 12.8. The summed E-state index contributed by atoms with van der Waals surface area (Å²) in [4.78, 5) is 0. The molecular formula is C11H14ClI. The molecule has 0 bridgehead atoms. The van der Waals surface area contributed by atoms with Crippen LogP contribution in [0.25, 0.3) is 0 Å². The largest absolute Gasteiger partial charge is 0.123 e. The molecule has 0 N–H and O–H groups in total. The maximum atomic E-state index is 6.04. The number of halogens is 2. The number of rotatable bonds is 4. The third kappa shape index (κ3) is 4.32. The van der Waals surface area contributed by atoms with Crippen LogP contribution in [0.3, 0.4) is 0 Å². The number of hydrogen-bond donors (Lipinski definition) is 0. The monoisotopic (exact) mass is 308 g/mol. The van der Waals surface area contributed by atoms with Crippen molar-refractivity contribution >= 4 is 34.2 Å². The quantitative estimate of drug-likeness (QED) is 0.576. The van der Waals surface area contributed by atoms with Crippen LogP contribution in [0.2, 0.25) is 0 Å². The van der Waals surface area contributed by atoms with Gasteiger partial charge in [0.1, 0.15) is 0 Å². The van der Waals surface area contributed by atoms with Crippen LogP contribution in [0.1, 0.15) is 25.3 Å². The summed E-state index contributed by atoms with van der Waals surface area (Å²) in [5, 5.41) is 0.333. The van der Waals surface area contributed by atoms with E-state index in [0.717, 1.165) is 19.3 Å². The molecule has 0 aliphatic heterocycles. The Morgan fingerprint density at radius 3 is 2.46 bits per heavy atom. The second-order valence-electron chi connectivity index (χ2n) is 3.17. The zero-order valence-electron chi connectivity index (χ0n) is 7.76. The van der Waals surface area contributed by atoms with E-state index in [1.165, 1.54) is 9.13 Å². The van der Waals surface area contributed by atoms with E-state index in [9.17, 15) is 0 Å². The lowest BCUT2D eigenvalue weighted by Gasteiger charge is -2.05. The summed E-state index contributed by atoms with van der Waals surface area (Å²) >= 11 is 8.36. The second kappa shape index (κ2) is 5.86. The second-order valence-corrected chi connectivity index (χ2v) is 5.03. The summed E-state index contributed by atoms with van der Waals surface area (Å²) in [6.07, 6.45) is 3.24. The first-order chi connectivity index (χ1) is 6.22. The first-order valence-corrected chi connectivity index (χ1v) is 6.12. The summed E-state index contributed by atoms with van der Waals surface area (Å²) < 4.78 is 1.29. The van der Waals surface area contributed by atoms with Crippen LogP contribution in [-0.2, 0) is 6.42 Å². The molecule has 0 radical (unpaired) electrons. The molecule has 2 heteroatoms. The average Bonchev–Trinajstić information content (AvgIpc) is 2.16. The van der Waals surface area contributed by atoms with Crippen LogP contribution in [0.4, 0.5) is 0 Å². The number of aryl methyl sites for hydroxylation is 1. The molecule has 1 atom stereocenters. The highest BCUT2D eigenvalue weighted by Gasteiger charge is 2.01. The molecule has 0 heterocycles. The van der Waals surface area contributed by atoms with Crippen molar-refractivity contribution in [1.82, 2.24) is 0 Å². The lowest BCUT2D eigenvalue weighted by atomic mass is 10.1. The van der Waals surface area contributed by atoms with Crippen LogP contribution in [0, 0.1) is 3.57 Å². The standard InChI is InChI=1S/C11H14ClI/c1-2-10(12)6-3-9-4-7-11(13)8-5-9/h4-5,7-8,10H,2-3,6H2,1H3. The van der Waals surface area contributed by atoms with Gasteiger partial charge in [-0.15, -0.1) is 11.6 Å². The van der Waals surface area contributed by atoms with Crippen molar-refractivity contribution in [2.45, 2.75) is 31.6 Å². The van der Waals surface area contributed by atoms with Crippen molar-refractivity contribution in [2.75, 3.05) is 0 Å². The fourth-order valence-corrected chi connectivity index (χ4v) is 1.65. The van der Waals surface area contributed by atoms with Crippen LogP contribution in [-0.4, -0.2) is 5.38 Å². The first-order valence-electron chi connectivity index (χ1n) is 4.61. The highest BCUT2D eigenvalue weighted by atomic mass is 127. The lowest BCUT2D eigenvalue weighted by Crippen LogP contribution is -1.98. The van der Waals surface area contributed by atoms with E-state index < -0.39 is 0 Å². The predicted octanol–water partition coefficient (Wildman–Crippen LogP) is 4.24. The van der Waals surface area contributed by atoms with Crippen molar-refractivity contribution in [1.29, 1.82) is 0 Å². The van der Waals surface area contributed by atoms with E-state index in [-0.39, 0.29) is 0 Å². The molecule has 0 spiro atoms. The predicted molar refractivity (Wildman–Crippen MR) is 67.4 cm³/mol.